The maximum Gasteiger partial charge on any atom is 0.139 e. The third kappa shape index (κ3) is 4.63. The molecule has 0 aliphatic rings. The van der Waals surface area contributed by atoms with Crippen LogP contribution in [0.5, 0.6) is 0 Å². The van der Waals surface area contributed by atoms with E-state index in [1.165, 1.54) is 24.3 Å². The Labute approximate surface area is 104 Å². The lowest BCUT2D eigenvalue weighted by molar-refractivity contribution is 0.318. The number of pyridine rings is 1. The van der Waals surface area contributed by atoms with Gasteiger partial charge in [0.05, 0.1) is 12.5 Å². The van der Waals surface area contributed by atoms with Crippen LogP contribution in [0.4, 0.5) is 0 Å². The normalized spacial score (nSPS) is 9.50. The third-order valence-corrected chi connectivity index (χ3v) is 3.39. The first kappa shape index (κ1) is 13.0. The number of aromatic nitrogens is 1. The Morgan fingerprint density at radius 2 is 1.88 bits per heavy atom. The molecular formula is C11H13NO2S2. The highest BCUT2D eigenvalue weighted by Gasteiger charge is 2.04. The van der Waals surface area contributed by atoms with Gasteiger partial charge in [0, 0.05) is 11.1 Å². The minimum absolute atomic E-state index is 0.510. The summed E-state index contributed by atoms with van der Waals surface area (Å²) in [5, 5.41) is 0.932. The summed E-state index contributed by atoms with van der Waals surface area (Å²) in [6.45, 7) is 6.97. The van der Waals surface area contributed by atoms with E-state index < -0.39 is 0 Å². The van der Waals surface area contributed by atoms with Gasteiger partial charge >= 0.3 is 0 Å². The SMILES string of the molecule is C=COCSc1cccnc1SCOC=C. The van der Waals surface area contributed by atoms with E-state index >= 15 is 0 Å². The van der Waals surface area contributed by atoms with Gasteiger partial charge in [-0.3, -0.25) is 0 Å². The molecular weight excluding hydrogens is 242 g/mol. The van der Waals surface area contributed by atoms with E-state index in [0.717, 1.165) is 9.92 Å². The number of hydrogen-bond donors (Lipinski definition) is 0. The Morgan fingerprint density at radius 1 is 1.19 bits per heavy atom. The summed E-state index contributed by atoms with van der Waals surface area (Å²) in [6, 6.07) is 3.90. The van der Waals surface area contributed by atoms with Crippen LogP contribution < -0.4 is 0 Å². The van der Waals surface area contributed by atoms with Crippen LogP contribution in [0.1, 0.15) is 0 Å². The van der Waals surface area contributed by atoms with Gasteiger partial charge in [-0.05, 0) is 12.1 Å². The van der Waals surface area contributed by atoms with Gasteiger partial charge in [-0.2, -0.15) is 0 Å². The highest BCUT2D eigenvalue weighted by molar-refractivity contribution is 8.02. The summed E-state index contributed by atoms with van der Waals surface area (Å²) >= 11 is 3.09. The van der Waals surface area contributed by atoms with Crippen molar-refractivity contribution in [3.05, 3.63) is 44.0 Å². The molecule has 16 heavy (non-hydrogen) atoms. The van der Waals surface area contributed by atoms with Crippen LogP contribution in [-0.4, -0.2) is 16.9 Å². The van der Waals surface area contributed by atoms with Crippen LogP contribution in [0.2, 0.25) is 0 Å². The molecule has 86 valence electrons. The number of thioether (sulfide) groups is 2. The van der Waals surface area contributed by atoms with Gasteiger partial charge in [0.15, 0.2) is 0 Å². The summed E-state index contributed by atoms with van der Waals surface area (Å²) < 4.78 is 10.1. The van der Waals surface area contributed by atoms with Gasteiger partial charge in [-0.15, -0.1) is 0 Å². The van der Waals surface area contributed by atoms with Crippen molar-refractivity contribution in [2.24, 2.45) is 0 Å². The summed E-state index contributed by atoms with van der Waals surface area (Å²) in [4.78, 5) is 5.35. The molecule has 0 saturated heterocycles. The minimum atomic E-state index is 0.510. The Hall–Kier alpha value is -1.07. The van der Waals surface area contributed by atoms with Crippen molar-refractivity contribution in [1.29, 1.82) is 0 Å². The van der Waals surface area contributed by atoms with Crippen LogP contribution in [0, 0.1) is 0 Å². The van der Waals surface area contributed by atoms with Gasteiger partial charge in [-0.25, -0.2) is 4.98 Å². The lowest BCUT2D eigenvalue weighted by Gasteiger charge is -2.06. The zero-order chi connectivity index (χ0) is 11.6. The zero-order valence-electron chi connectivity index (χ0n) is 8.80. The van der Waals surface area contributed by atoms with Crippen molar-refractivity contribution in [3.8, 4) is 0 Å². The monoisotopic (exact) mass is 255 g/mol. The van der Waals surface area contributed by atoms with E-state index in [-0.39, 0.29) is 0 Å². The molecule has 1 aromatic rings. The molecule has 0 saturated carbocycles. The maximum absolute atomic E-state index is 5.06. The molecule has 0 fully saturated rings. The van der Waals surface area contributed by atoms with Gasteiger partial charge in [-0.1, -0.05) is 36.7 Å². The van der Waals surface area contributed by atoms with E-state index in [0.29, 0.717) is 11.9 Å². The Morgan fingerprint density at radius 3 is 2.56 bits per heavy atom. The molecule has 1 rings (SSSR count). The molecule has 0 radical (unpaired) electrons. The second-order valence-electron chi connectivity index (χ2n) is 2.50. The number of ether oxygens (including phenoxy) is 2. The first-order valence-electron chi connectivity index (χ1n) is 4.54. The van der Waals surface area contributed by atoms with Crippen LogP contribution in [0.3, 0.4) is 0 Å². The van der Waals surface area contributed by atoms with Crippen LogP contribution >= 0.6 is 23.5 Å². The lowest BCUT2D eigenvalue weighted by atomic mass is 10.5. The zero-order valence-corrected chi connectivity index (χ0v) is 10.4. The fourth-order valence-corrected chi connectivity index (χ4v) is 2.50. The van der Waals surface area contributed by atoms with Gasteiger partial charge in [0.2, 0.25) is 0 Å². The van der Waals surface area contributed by atoms with Crippen LogP contribution in [-0.2, 0) is 9.47 Å². The first-order valence-corrected chi connectivity index (χ1v) is 6.51. The average Bonchev–Trinajstić information content (AvgIpc) is 2.32. The second-order valence-corrected chi connectivity index (χ2v) is 4.37. The molecule has 5 heteroatoms. The van der Waals surface area contributed by atoms with Crippen molar-refractivity contribution >= 4 is 23.5 Å². The molecule has 1 aromatic heterocycles. The van der Waals surface area contributed by atoms with Gasteiger partial charge in [0.25, 0.3) is 0 Å². The van der Waals surface area contributed by atoms with Crippen LogP contribution in [0.25, 0.3) is 0 Å². The number of hydrogen-bond acceptors (Lipinski definition) is 5. The molecule has 0 aromatic carbocycles. The molecule has 0 spiro atoms. The quantitative estimate of drug-likeness (QED) is 0.307. The van der Waals surface area contributed by atoms with Crippen LogP contribution in [0.15, 0.2) is 53.9 Å². The fraction of sp³-hybridized carbons (Fsp3) is 0.182. The number of nitrogens with zero attached hydrogens (tertiary/aromatic N) is 1. The number of rotatable bonds is 8. The van der Waals surface area contributed by atoms with Gasteiger partial charge < -0.3 is 9.47 Å². The third-order valence-electron chi connectivity index (χ3n) is 1.52. The summed E-state index contributed by atoms with van der Waals surface area (Å²) in [7, 11) is 0. The van der Waals surface area contributed by atoms with Crippen molar-refractivity contribution in [1.82, 2.24) is 4.98 Å². The molecule has 0 atom stereocenters. The standard InChI is InChI=1S/C11H13NO2S2/c1-3-13-8-15-10-6-5-7-12-11(10)16-9-14-4-2/h3-7H,1-2,8-9H2. The molecule has 3 nitrogen and oxygen atoms in total. The van der Waals surface area contributed by atoms with Crippen molar-refractivity contribution in [2.75, 3.05) is 11.9 Å². The van der Waals surface area contributed by atoms with E-state index in [9.17, 15) is 0 Å². The molecule has 0 bridgehead atoms. The lowest BCUT2D eigenvalue weighted by Crippen LogP contribution is -1.88. The predicted molar refractivity (Wildman–Crippen MR) is 68.2 cm³/mol. The highest BCUT2D eigenvalue weighted by Crippen LogP contribution is 2.28. The Bertz CT molecular complexity index is 312. The van der Waals surface area contributed by atoms with Crippen molar-refractivity contribution in [3.63, 3.8) is 0 Å². The molecule has 0 aliphatic carbocycles. The smallest absolute Gasteiger partial charge is 0.139 e. The molecule has 1 heterocycles. The Balaban J connectivity index is 2.52. The molecule has 0 N–H and O–H groups in total. The van der Waals surface area contributed by atoms with Crippen molar-refractivity contribution in [2.45, 2.75) is 9.92 Å². The predicted octanol–water partition coefficient (Wildman–Crippen LogP) is 3.50. The highest BCUT2D eigenvalue weighted by atomic mass is 32.2. The summed E-state index contributed by atoms with van der Waals surface area (Å²) in [5.74, 6) is 1.04. The largest absolute Gasteiger partial charge is 0.491 e. The first-order chi connectivity index (χ1) is 7.88. The topological polar surface area (TPSA) is 31.4 Å². The van der Waals surface area contributed by atoms with E-state index in [1.54, 1.807) is 18.0 Å². The van der Waals surface area contributed by atoms with E-state index in [4.69, 9.17) is 9.47 Å². The average molecular weight is 255 g/mol. The van der Waals surface area contributed by atoms with Crippen molar-refractivity contribution < 1.29 is 9.47 Å². The van der Waals surface area contributed by atoms with Gasteiger partial charge in [0.1, 0.15) is 16.9 Å². The maximum atomic E-state index is 5.06. The summed E-state index contributed by atoms with van der Waals surface area (Å²) in [6.07, 6.45) is 4.61. The molecule has 0 amide bonds. The molecule has 0 unspecified atom stereocenters. The minimum Gasteiger partial charge on any atom is -0.491 e. The fourth-order valence-electron chi connectivity index (χ4n) is 0.878. The molecule has 0 aliphatic heterocycles. The Kier molecular flexibility index (Phi) is 6.60. The summed E-state index contributed by atoms with van der Waals surface area (Å²) in [5.41, 5.74) is 0. The van der Waals surface area contributed by atoms with E-state index in [1.807, 2.05) is 12.1 Å². The van der Waals surface area contributed by atoms with E-state index in [2.05, 4.69) is 18.1 Å². The second kappa shape index (κ2) is 8.13.